The van der Waals surface area contributed by atoms with E-state index in [0.29, 0.717) is 19.1 Å². The van der Waals surface area contributed by atoms with Gasteiger partial charge in [-0.2, -0.15) is 0 Å². The van der Waals surface area contributed by atoms with E-state index in [1.807, 2.05) is 0 Å². The smallest absolute Gasteiger partial charge is 0.257 e. The molecule has 1 aromatic heterocycles. The zero-order valence-corrected chi connectivity index (χ0v) is 11.4. The van der Waals surface area contributed by atoms with Crippen LogP contribution in [0.25, 0.3) is 0 Å². The minimum absolute atomic E-state index is 0.121. The molecule has 2 aliphatic heterocycles. The lowest BCUT2D eigenvalue weighted by molar-refractivity contribution is 0.0579. The maximum absolute atomic E-state index is 13.6. The number of carbonyl (C=O) groups is 1. The fourth-order valence-electron chi connectivity index (χ4n) is 2.96. The van der Waals surface area contributed by atoms with Crippen LogP contribution in [0.3, 0.4) is 0 Å². The van der Waals surface area contributed by atoms with Crippen LogP contribution in [0.2, 0.25) is 0 Å². The average Bonchev–Trinajstić information content (AvgIpc) is 3.01. The molecule has 2 saturated heterocycles. The number of halogens is 1. The number of carbonyl (C=O) groups excluding carboxylic acids is 1. The summed E-state index contributed by atoms with van der Waals surface area (Å²) in [4.78, 5) is 20.1. The molecule has 0 spiro atoms. The highest BCUT2D eigenvalue weighted by atomic mass is 19.1. The quantitative estimate of drug-likeness (QED) is 0.847. The van der Waals surface area contributed by atoms with Crippen LogP contribution in [-0.2, 0) is 0 Å². The van der Waals surface area contributed by atoms with Gasteiger partial charge in [-0.05, 0) is 19.0 Å². The predicted molar refractivity (Wildman–Crippen MR) is 72.9 cm³/mol. The van der Waals surface area contributed by atoms with E-state index in [1.54, 1.807) is 4.90 Å². The van der Waals surface area contributed by atoms with E-state index >= 15 is 0 Å². The summed E-state index contributed by atoms with van der Waals surface area (Å²) in [5, 5.41) is 3.36. The summed E-state index contributed by atoms with van der Waals surface area (Å²) in [6.07, 6.45) is 3.72. The van der Waals surface area contributed by atoms with Crippen LogP contribution in [0.4, 0.5) is 4.39 Å². The van der Waals surface area contributed by atoms with Gasteiger partial charge in [0.1, 0.15) is 0 Å². The molecular weight excluding hydrogens is 259 g/mol. The highest BCUT2D eigenvalue weighted by molar-refractivity contribution is 5.94. The molecule has 1 aromatic rings. The topological polar surface area (TPSA) is 48.5 Å². The lowest BCUT2D eigenvalue weighted by Crippen LogP contribution is -2.52. The van der Waals surface area contributed by atoms with Crippen LogP contribution in [0.5, 0.6) is 0 Å². The van der Waals surface area contributed by atoms with Crippen LogP contribution in [0.1, 0.15) is 16.8 Å². The van der Waals surface area contributed by atoms with E-state index in [9.17, 15) is 9.18 Å². The van der Waals surface area contributed by atoms with Crippen molar-refractivity contribution in [1.82, 2.24) is 20.1 Å². The van der Waals surface area contributed by atoms with Crippen molar-refractivity contribution in [3.05, 3.63) is 29.8 Å². The summed E-state index contributed by atoms with van der Waals surface area (Å²) in [6, 6.07) is 2.04. The van der Waals surface area contributed by atoms with Crippen molar-refractivity contribution < 1.29 is 9.18 Å². The first-order valence-electron chi connectivity index (χ1n) is 7.09. The molecule has 1 amide bonds. The molecular formula is C14H19FN4O. The molecule has 6 heteroatoms. The molecule has 0 saturated carbocycles. The van der Waals surface area contributed by atoms with Gasteiger partial charge >= 0.3 is 0 Å². The van der Waals surface area contributed by atoms with E-state index in [0.717, 1.165) is 32.4 Å². The largest absolute Gasteiger partial charge is 0.336 e. The molecule has 3 heterocycles. The summed E-state index contributed by atoms with van der Waals surface area (Å²) >= 11 is 0. The molecule has 0 radical (unpaired) electrons. The van der Waals surface area contributed by atoms with Crippen molar-refractivity contribution in [1.29, 1.82) is 0 Å². The molecule has 2 aliphatic rings. The van der Waals surface area contributed by atoms with Crippen LogP contribution in [0.15, 0.2) is 18.5 Å². The van der Waals surface area contributed by atoms with Crippen LogP contribution < -0.4 is 5.32 Å². The third-order valence-corrected chi connectivity index (χ3v) is 4.16. The highest BCUT2D eigenvalue weighted by Gasteiger charge is 2.28. The van der Waals surface area contributed by atoms with Gasteiger partial charge in [0.15, 0.2) is 5.82 Å². The van der Waals surface area contributed by atoms with Crippen molar-refractivity contribution in [3.63, 3.8) is 0 Å². The average molecular weight is 278 g/mol. The van der Waals surface area contributed by atoms with Gasteiger partial charge in [-0.15, -0.1) is 0 Å². The maximum atomic E-state index is 13.6. The monoisotopic (exact) mass is 278 g/mol. The van der Waals surface area contributed by atoms with Crippen molar-refractivity contribution in [2.45, 2.75) is 12.5 Å². The molecule has 0 aromatic carbocycles. The number of pyridine rings is 1. The molecule has 0 bridgehead atoms. The Morgan fingerprint density at radius 1 is 1.35 bits per heavy atom. The van der Waals surface area contributed by atoms with Gasteiger partial charge in [0.25, 0.3) is 5.91 Å². The lowest BCUT2D eigenvalue weighted by atomic mass is 10.1. The van der Waals surface area contributed by atoms with Gasteiger partial charge in [-0.1, -0.05) is 0 Å². The fourth-order valence-corrected chi connectivity index (χ4v) is 2.96. The van der Waals surface area contributed by atoms with Gasteiger partial charge < -0.3 is 10.2 Å². The Labute approximate surface area is 117 Å². The van der Waals surface area contributed by atoms with Crippen molar-refractivity contribution in [2.24, 2.45) is 0 Å². The molecule has 1 atom stereocenters. The minimum atomic E-state index is -0.542. The van der Waals surface area contributed by atoms with Crippen LogP contribution in [-0.4, -0.2) is 66.0 Å². The van der Waals surface area contributed by atoms with E-state index in [-0.39, 0.29) is 11.5 Å². The summed E-state index contributed by atoms with van der Waals surface area (Å²) in [6.45, 7) is 5.17. The molecule has 108 valence electrons. The first kappa shape index (κ1) is 13.5. The summed E-state index contributed by atoms with van der Waals surface area (Å²) in [7, 11) is 0. The molecule has 3 rings (SSSR count). The zero-order valence-electron chi connectivity index (χ0n) is 11.4. The standard InChI is InChI=1S/C14H19FN4O/c15-13-10-17-4-2-12(13)14(20)19-7-5-18(6-8-19)11-1-3-16-9-11/h2,4,10-11,16H,1,3,5-9H2. The van der Waals surface area contributed by atoms with E-state index in [4.69, 9.17) is 0 Å². The maximum Gasteiger partial charge on any atom is 0.257 e. The molecule has 20 heavy (non-hydrogen) atoms. The number of amides is 1. The number of rotatable bonds is 2. The molecule has 1 unspecified atom stereocenters. The first-order valence-corrected chi connectivity index (χ1v) is 7.09. The van der Waals surface area contributed by atoms with E-state index in [1.165, 1.54) is 18.7 Å². The SMILES string of the molecule is O=C(c1ccncc1F)N1CCN(C2CCNC2)CC1. The number of piperazine rings is 1. The summed E-state index contributed by atoms with van der Waals surface area (Å²) in [5.74, 6) is -0.769. The molecule has 1 N–H and O–H groups in total. The summed E-state index contributed by atoms with van der Waals surface area (Å²) in [5.41, 5.74) is 0.121. The fraction of sp³-hybridized carbons (Fsp3) is 0.571. The second-order valence-electron chi connectivity index (χ2n) is 5.33. The Morgan fingerprint density at radius 3 is 2.80 bits per heavy atom. The van der Waals surface area contributed by atoms with Gasteiger partial charge in [0.05, 0.1) is 11.8 Å². The first-order chi connectivity index (χ1) is 9.75. The second-order valence-corrected chi connectivity index (χ2v) is 5.33. The highest BCUT2D eigenvalue weighted by Crippen LogP contribution is 2.15. The summed E-state index contributed by atoms with van der Waals surface area (Å²) < 4.78 is 13.6. The van der Waals surface area contributed by atoms with Gasteiger partial charge in [0, 0.05) is 45.0 Å². The number of nitrogens with one attached hydrogen (secondary N) is 1. The van der Waals surface area contributed by atoms with Crippen LogP contribution in [0, 0.1) is 5.82 Å². The Morgan fingerprint density at radius 2 is 2.15 bits per heavy atom. The third-order valence-electron chi connectivity index (χ3n) is 4.16. The number of nitrogens with zero attached hydrogens (tertiary/aromatic N) is 3. The lowest BCUT2D eigenvalue weighted by Gasteiger charge is -2.37. The number of hydrogen-bond donors (Lipinski definition) is 1. The van der Waals surface area contributed by atoms with Crippen molar-refractivity contribution >= 4 is 5.91 Å². The van der Waals surface area contributed by atoms with Gasteiger partial charge in [-0.25, -0.2) is 4.39 Å². The second kappa shape index (κ2) is 5.85. The normalized spacial score (nSPS) is 24.1. The van der Waals surface area contributed by atoms with E-state index < -0.39 is 5.82 Å². The van der Waals surface area contributed by atoms with Gasteiger partial charge in [0.2, 0.25) is 0 Å². The Kier molecular flexibility index (Phi) is 3.93. The molecule has 5 nitrogen and oxygen atoms in total. The van der Waals surface area contributed by atoms with Crippen LogP contribution >= 0.6 is 0 Å². The number of aromatic nitrogens is 1. The van der Waals surface area contributed by atoms with Crippen molar-refractivity contribution in [3.8, 4) is 0 Å². The molecule has 2 fully saturated rings. The molecule has 0 aliphatic carbocycles. The minimum Gasteiger partial charge on any atom is -0.336 e. The van der Waals surface area contributed by atoms with Gasteiger partial charge in [-0.3, -0.25) is 14.7 Å². The predicted octanol–water partition coefficient (Wildman–Crippen LogP) is 0.340. The third kappa shape index (κ3) is 2.66. The van der Waals surface area contributed by atoms with E-state index in [2.05, 4.69) is 15.2 Å². The Balaban J connectivity index is 1.60. The van der Waals surface area contributed by atoms with Crippen molar-refractivity contribution in [2.75, 3.05) is 39.3 Å². The Bertz CT molecular complexity index is 482. The number of hydrogen-bond acceptors (Lipinski definition) is 4. The Hall–Kier alpha value is -1.53. The zero-order chi connectivity index (χ0) is 13.9.